The molecule has 34 heavy (non-hydrogen) atoms. The highest BCUT2D eigenvalue weighted by Gasteiger charge is 2.33. The van der Waals surface area contributed by atoms with Gasteiger partial charge in [0, 0.05) is 18.2 Å². The summed E-state index contributed by atoms with van der Waals surface area (Å²) in [6, 6.07) is 3.67. The van der Waals surface area contributed by atoms with Crippen molar-refractivity contribution in [2.24, 2.45) is 5.92 Å². The second-order valence-corrected chi connectivity index (χ2v) is 9.99. The zero-order chi connectivity index (χ0) is 24.8. The molecule has 0 spiro atoms. The molecular formula is C21H17F3N4O5S. The summed E-state index contributed by atoms with van der Waals surface area (Å²) in [5.74, 6) is -1.85. The van der Waals surface area contributed by atoms with Crippen LogP contribution in [0.5, 0.6) is 0 Å². The number of hydrogen-bond acceptors (Lipinski definition) is 7. The third-order valence-electron chi connectivity index (χ3n) is 5.45. The minimum atomic E-state index is -4.69. The lowest BCUT2D eigenvalue weighted by atomic mass is 9.83. The van der Waals surface area contributed by atoms with Crippen molar-refractivity contribution in [3.63, 3.8) is 0 Å². The summed E-state index contributed by atoms with van der Waals surface area (Å²) >= 11 is 0. The second kappa shape index (κ2) is 8.31. The Bertz CT molecular complexity index is 1490. The maximum Gasteiger partial charge on any atom is 0.416 e. The van der Waals surface area contributed by atoms with Gasteiger partial charge < -0.3 is 5.32 Å². The van der Waals surface area contributed by atoms with E-state index in [1.807, 2.05) is 0 Å². The van der Waals surface area contributed by atoms with Gasteiger partial charge in [-0.1, -0.05) is 13.0 Å². The molecule has 1 aliphatic rings. The first-order chi connectivity index (χ1) is 15.9. The van der Waals surface area contributed by atoms with Gasteiger partial charge in [-0.05, 0) is 18.2 Å². The summed E-state index contributed by atoms with van der Waals surface area (Å²) in [6.45, 7) is 1.36. The predicted octanol–water partition coefficient (Wildman–Crippen LogP) is 2.51. The summed E-state index contributed by atoms with van der Waals surface area (Å²) in [6.07, 6.45) is -2.27. The van der Waals surface area contributed by atoms with E-state index in [4.69, 9.17) is 0 Å². The molecule has 0 unspecified atom stereocenters. The summed E-state index contributed by atoms with van der Waals surface area (Å²) in [4.78, 5) is 39.9. The summed E-state index contributed by atoms with van der Waals surface area (Å²) in [7, 11) is -4.00. The Kier molecular flexibility index (Phi) is 5.75. The Morgan fingerprint density at radius 3 is 2.50 bits per heavy atom. The van der Waals surface area contributed by atoms with Crippen LogP contribution in [0.2, 0.25) is 0 Å². The van der Waals surface area contributed by atoms with E-state index in [9.17, 15) is 36.0 Å². The zero-order valence-electron chi connectivity index (χ0n) is 17.6. The number of aromatic nitrogens is 3. The second-order valence-electron chi connectivity index (χ2n) is 7.74. The number of hydrogen-bond donors (Lipinski definition) is 1. The van der Waals surface area contributed by atoms with Gasteiger partial charge in [0.15, 0.2) is 15.7 Å². The SMILES string of the molecule is CCS(=O)(=O)c1cc(NC(=O)C2CC(=O)C2)cnc1-n1ncc2ccc(C(F)(F)F)cc2c1=O. The fourth-order valence-corrected chi connectivity index (χ4v) is 4.47. The van der Waals surface area contributed by atoms with Crippen LogP contribution in [-0.4, -0.2) is 40.6 Å². The number of carbonyl (C=O) groups excluding carboxylic acids is 2. The standard InChI is InChI=1S/C21H17F3N4O5S/c1-2-34(32,33)17-8-14(27-19(30)12-5-15(29)6-12)10-25-18(17)28-20(31)16-7-13(21(22,23)24)4-3-11(16)9-26-28/h3-4,7-10,12H,2,5-6H2,1H3,(H,27,30). The number of Topliss-reactive ketones (excluding diaryl/α,β-unsaturated/α-hetero) is 1. The molecule has 0 atom stereocenters. The maximum absolute atomic E-state index is 13.1. The number of alkyl halides is 3. The van der Waals surface area contributed by atoms with Gasteiger partial charge in [0.2, 0.25) is 5.91 Å². The first kappa shape index (κ1) is 23.5. The number of nitrogens with one attached hydrogen (secondary N) is 1. The molecule has 178 valence electrons. The van der Waals surface area contributed by atoms with Crippen LogP contribution >= 0.6 is 0 Å². The number of rotatable bonds is 5. The average molecular weight is 494 g/mol. The monoisotopic (exact) mass is 494 g/mol. The summed E-state index contributed by atoms with van der Waals surface area (Å²) < 4.78 is 65.5. The third-order valence-corrected chi connectivity index (χ3v) is 7.18. The number of fused-ring (bicyclic) bond motifs is 1. The molecule has 4 rings (SSSR count). The predicted molar refractivity (Wildman–Crippen MR) is 114 cm³/mol. The van der Waals surface area contributed by atoms with Gasteiger partial charge >= 0.3 is 6.18 Å². The Morgan fingerprint density at radius 1 is 1.18 bits per heavy atom. The van der Waals surface area contributed by atoms with Crippen LogP contribution in [-0.2, 0) is 25.6 Å². The van der Waals surface area contributed by atoms with Crippen LogP contribution in [0.3, 0.4) is 0 Å². The smallest absolute Gasteiger partial charge is 0.324 e. The van der Waals surface area contributed by atoms with E-state index < -0.39 is 49.7 Å². The molecule has 2 aromatic heterocycles. The number of amides is 1. The largest absolute Gasteiger partial charge is 0.416 e. The minimum Gasteiger partial charge on any atom is -0.324 e. The van der Waals surface area contributed by atoms with Gasteiger partial charge in [0.25, 0.3) is 5.56 Å². The number of halogens is 3. The number of carbonyl (C=O) groups is 2. The molecule has 1 saturated carbocycles. The number of ketones is 1. The Morgan fingerprint density at radius 2 is 1.88 bits per heavy atom. The number of nitrogens with zero attached hydrogens (tertiary/aromatic N) is 3. The molecule has 0 radical (unpaired) electrons. The fraction of sp³-hybridized carbons (Fsp3) is 0.286. The lowest BCUT2D eigenvalue weighted by Gasteiger charge is -2.23. The average Bonchev–Trinajstić information content (AvgIpc) is 2.76. The minimum absolute atomic E-state index is 0.0216. The van der Waals surface area contributed by atoms with Crippen molar-refractivity contribution in [3.05, 3.63) is 52.6 Å². The van der Waals surface area contributed by atoms with E-state index in [-0.39, 0.29) is 40.8 Å². The van der Waals surface area contributed by atoms with Gasteiger partial charge in [0.05, 0.1) is 40.7 Å². The molecule has 13 heteroatoms. The molecule has 1 amide bonds. The maximum atomic E-state index is 13.1. The first-order valence-electron chi connectivity index (χ1n) is 10.1. The van der Waals surface area contributed by atoms with Gasteiger partial charge in [-0.15, -0.1) is 0 Å². The highest BCUT2D eigenvalue weighted by molar-refractivity contribution is 7.91. The number of anilines is 1. The van der Waals surface area contributed by atoms with E-state index >= 15 is 0 Å². The van der Waals surface area contributed by atoms with E-state index in [1.54, 1.807) is 0 Å². The van der Waals surface area contributed by atoms with Crippen LogP contribution in [0.25, 0.3) is 16.6 Å². The normalized spacial score (nSPS) is 14.8. The molecule has 1 fully saturated rings. The van der Waals surface area contributed by atoms with Crippen molar-refractivity contribution in [2.45, 2.75) is 30.8 Å². The Hall–Kier alpha value is -3.61. The molecule has 1 aliphatic carbocycles. The van der Waals surface area contributed by atoms with Gasteiger partial charge in [0.1, 0.15) is 10.7 Å². The van der Waals surface area contributed by atoms with Gasteiger partial charge in [-0.25, -0.2) is 13.4 Å². The molecule has 3 aromatic rings. The van der Waals surface area contributed by atoms with Crippen LogP contribution < -0.4 is 10.9 Å². The van der Waals surface area contributed by atoms with E-state index in [1.165, 1.54) is 6.92 Å². The molecule has 0 saturated heterocycles. The van der Waals surface area contributed by atoms with E-state index in [0.717, 1.165) is 30.6 Å². The van der Waals surface area contributed by atoms with Crippen LogP contribution in [0.15, 0.2) is 46.3 Å². The van der Waals surface area contributed by atoms with Crippen molar-refractivity contribution in [1.82, 2.24) is 14.8 Å². The molecule has 0 bridgehead atoms. The molecule has 1 N–H and O–H groups in total. The lowest BCUT2D eigenvalue weighted by Crippen LogP contribution is -2.34. The third kappa shape index (κ3) is 4.30. The molecular weight excluding hydrogens is 477 g/mol. The Balaban J connectivity index is 1.83. The van der Waals surface area contributed by atoms with Crippen LogP contribution in [0.1, 0.15) is 25.3 Å². The molecule has 1 aromatic carbocycles. The lowest BCUT2D eigenvalue weighted by molar-refractivity contribution is -0.137. The number of sulfone groups is 1. The van der Waals surface area contributed by atoms with Gasteiger partial charge in [-0.3, -0.25) is 14.4 Å². The van der Waals surface area contributed by atoms with Gasteiger partial charge in [-0.2, -0.15) is 23.0 Å². The molecule has 0 aliphatic heterocycles. The quantitative estimate of drug-likeness (QED) is 0.577. The van der Waals surface area contributed by atoms with E-state index in [2.05, 4.69) is 15.4 Å². The van der Waals surface area contributed by atoms with Crippen LogP contribution in [0.4, 0.5) is 18.9 Å². The topological polar surface area (TPSA) is 128 Å². The molecule has 9 nitrogen and oxygen atoms in total. The number of pyridine rings is 1. The van der Waals surface area contributed by atoms with Crippen molar-refractivity contribution < 1.29 is 31.2 Å². The summed E-state index contributed by atoms with van der Waals surface area (Å²) in [5, 5.41) is 6.21. The highest BCUT2D eigenvalue weighted by Crippen LogP contribution is 2.31. The first-order valence-corrected chi connectivity index (χ1v) is 11.7. The van der Waals surface area contributed by atoms with Crippen LogP contribution in [0, 0.1) is 5.92 Å². The highest BCUT2D eigenvalue weighted by atomic mass is 32.2. The molecule has 2 heterocycles. The summed E-state index contributed by atoms with van der Waals surface area (Å²) in [5.41, 5.74) is -2.02. The Labute approximate surface area is 190 Å². The number of benzene rings is 1. The fourth-order valence-electron chi connectivity index (χ4n) is 3.44. The van der Waals surface area contributed by atoms with Crippen molar-refractivity contribution in [1.29, 1.82) is 0 Å². The van der Waals surface area contributed by atoms with Crippen molar-refractivity contribution in [3.8, 4) is 5.82 Å². The zero-order valence-corrected chi connectivity index (χ0v) is 18.4. The van der Waals surface area contributed by atoms with Crippen molar-refractivity contribution >= 4 is 38.0 Å². The van der Waals surface area contributed by atoms with Crippen molar-refractivity contribution in [2.75, 3.05) is 11.1 Å². The van der Waals surface area contributed by atoms with E-state index in [0.29, 0.717) is 10.7 Å².